The van der Waals surface area contributed by atoms with Gasteiger partial charge in [-0.2, -0.15) is 4.68 Å². The van der Waals surface area contributed by atoms with Crippen LogP contribution in [0.5, 0.6) is 0 Å². The molecule has 1 aromatic heterocycles. The van der Waals surface area contributed by atoms with Crippen LogP contribution < -0.4 is 10.2 Å². The van der Waals surface area contributed by atoms with Crippen LogP contribution in [0.3, 0.4) is 0 Å². The summed E-state index contributed by atoms with van der Waals surface area (Å²) in [6, 6.07) is 13.9. The Bertz CT molecular complexity index is 1850. The number of carboxylic acids is 1. The number of nitrogens with zero attached hydrogens (tertiary/aromatic N) is 7. The van der Waals surface area contributed by atoms with Crippen LogP contribution >= 0.6 is 11.6 Å². The van der Waals surface area contributed by atoms with Gasteiger partial charge in [-0.3, -0.25) is 9.59 Å². The third-order valence-electron chi connectivity index (χ3n) is 8.66. The largest absolute Gasteiger partial charge is 0.478 e. The van der Waals surface area contributed by atoms with Gasteiger partial charge in [-0.15, -0.1) is 5.10 Å². The van der Waals surface area contributed by atoms with Gasteiger partial charge in [0.15, 0.2) is 5.82 Å². The average Bonchev–Trinajstić information content (AvgIpc) is 3.78. The van der Waals surface area contributed by atoms with Crippen molar-refractivity contribution in [3.8, 4) is 5.69 Å². The molecule has 0 saturated carbocycles. The first-order chi connectivity index (χ1) is 22.6. The van der Waals surface area contributed by atoms with Gasteiger partial charge in [0.25, 0.3) is 5.91 Å². The molecule has 14 heteroatoms. The number of halogens is 2. The van der Waals surface area contributed by atoms with Crippen LogP contribution in [0, 0.1) is 5.82 Å². The van der Waals surface area contributed by atoms with Crippen molar-refractivity contribution in [3.63, 3.8) is 0 Å². The summed E-state index contributed by atoms with van der Waals surface area (Å²) in [5.41, 5.74) is 3.44. The zero-order valence-electron chi connectivity index (χ0n) is 25.7. The van der Waals surface area contributed by atoms with Crippen molar-refractivity contribution in [2.24, 2.45) is 0 Å². The summed E-state index contributed by atoms with van der Waals surface area (Å²) in [5, 5.41) is 23.0. The Morgan fingerprint density at radius 3 is 2.53 bits per heavy atom. The fourth-order valence-corrected chi connectivity index (χ4v) is 6.36. The van der Waals surface area contributed by atoms with Crippen LogP contribution in [0.25, 0.3) is 11.8 Å². The number of nitrogens with one attached hydrogen (secondary N) is 1. The summed E-state index contributed by atoms with van der Waals surface area (Å²) in [6.45, 7) is 1.94. The number of hydrogen-bond donors (Lipinski definition) is 2. The number of likely N-dealkylation sites (N-methyl/N-ethyl adjacent to an activating group) is 1. The topological polar surface area (TPSA) is 137 Å². The van der Waals surface area contributed by atoms with Crippen LogP contribution in [-0.2, 0) is 16.0 Å². The van der Waals surface area contributed by atoms with Gasteiger partial charge in [0, 0.05) is 48.7 Å². The molecule has 0 bridgehead atoms. The molecule has 0 aliphatic carbocycles. The van der Waals surface area contributed by atoms with E-state index in [1.807, 2.05) is 12.1 Å². The maximum atomic E-state index is 15.2. The smallest absolute Gasteiger partial charge is 0.335 e. The van der Waals surface area contributed by atoms with Crippen molar-refractivity contribution in [1.82, 2.24) is 30.0 Å². The third kappa shape index (κ3) is 6.44. The van der Waals surface area contributed by atoms with Gasteiger partial charge >= 0.3 is 5.97 Å². The van der Waals surface area contributed by atoms with Crippen molar-refractivity contribution < 1.29 is 23.9 Å². The molecule has 4 aromatic rings. The quantitative estimate of drug-likeness (QED) is 0.269. The molecule has 1 fully saturated rings. The number of hydrogen-bond acceptors (Lipinski definition) is 8. The van der Waals surface area contributed by atoms with E-state index in [0.717, 1.165) is 30.8 Å². The standard InChI is InChI=1S/C33H32ClFN8O4/c1-40(2)22-14-16-41(18-22)27-5-3-4-24-23(27)15-17-42(31(24)32(45)37-21-8-6-20(7-9-21)33(46)47)29(44)13-10-25-28(43-19-36-38-39-43)12-11-26(34)30(25)35/h3-13,19,22,31H,14-18H2,1-2H3,(H,37,45)(H,46,47)/b13-10+/t22-,31-/m0/s1. The summed E-state index contributed by atoms with van der Waals surface area (Å²) in [7, 11) is 4.13. The highest BCUT2D eigenvalue weighted by molar-refractivity contribution is 6.31. The maximum Gasteiger partial charge on any atom is 0.335 e. The van der Waals surface area contributed by atoms with Gasteiger partial charge in [0.2, 0.25) is 5.91 Å². The minimum Gasteiger partial charge on any atom is -0.478 e. The zero-order chi connectivity index (χ0) is 33.2. The SMILES string of the molecule is CN(C)[C@H]1CCN(c2cccc3c2CCN(C(=O)/C=C/c2c(-n4cnnn4)ccc(Cl)c2F)[C@@H]3C(=O)Nc2ccc(C(=O)O)cc2)C1. The molecule has 2 N–H and O–H groups in total. The number of anilines is 2. The second-order valence-electron chi connectivity index (χ2n) is 11.6. The number of fused-ring (bicyclic) bond motifs is 1. The molecule has 47 heavy (non-hydrogen) atoms. The lowest BCUT2D eigenvalue weighted by molar-refractivity contribution is -0.135. The molecule has 2 atom stereocenters. The van der Waals surface area contributed by atoms with Gasteiger partial charge in [0.05, 0.1) is 16.3 Å². The number of aromatic nitrogens is 4. The number of benzene rings is 3. The van der Waals surface area contributed by atoms with E-state index in [-0.39, 0.29) is 28.4 Å². The normalized spacial score (nSPS) is 17.7. The first-order valence-corrected chi connectivity index (χ1v) is 15.4. The highest BCUT2D eigenvalue weighted by atomic mass is 35.5. The lowest BCUT2D eigenvalue weighted by Crippen LogP contribution is -2.45. The summed E-state index contributed by atoms with van der Waals surface area (Å²) in [4.78, 5) is 45.3. The maximum absolute atomic E-state index is 15.2. The van der Waals surface area contributed by atoms with E-state index in [9.17, 15) is 19.5 Å². The Morgan fingerprint density at radius 2 is 1.85 bits per heavy atom. The minimum atomic E-state index is -1.09. The van der Waals surface area contributed by atoms with E-state index in [2.05, 4.69) is 50.8 Å². The molecule has 2 aliphatic heterocycles. The molecule has 3 aromatic carbocycles. The Kier molecular flexibility index (Phi) is 9.01. The Balaban J connectivity index is 1.35. The summed E-state index contributed by atoms with van der Waals surface area (Å²) in [5.74, 6) is -2.82. The fourth-order valence-electron chi connectivity index (χ4n) is 6.19. The minimum absolute atomic E-state index is 0.00171. The zero-order valence-corrected chi connectivity index (χ0v) is 26.4. The van der Waals surface area contributed by atoms with E-state index < -0.39 is 29.6 Å². The number of carbonyl (C=O) groups excluding carboxylic acids is 2. The van der Waals surface area contributed by atoms with Crippen molar-refractivity contribution in [2.45, 2.75) is 24.9 Å². The third-order valence-corrected chi connectivity index (χ3v) is 8.95. The molecule has 3 heterocycles. The van der Waals surface area contributed by atoms with Crippen LogP contribution in [0.1, 0.15) is 39.5 Å². The van der Waals surface area contributed by atoms with E-state index in [4.69, 9.17) is 11.6 Å². The van der Waals surface area contributed by atoms with Crippen LogP contribution in [0.15, 0.2) is 67.0 Å². The van der Waals surface area contributed by atoms with Crippen molar-refractivity contribution in [2.75, 3.05) is 43.9 Å². The van der Waals surface area contributed by atoms with E-state index >= 15 is 4.39 Å². The molecule has 2 amide bonds. The molecule has 12 nitrogen and oxygen atoms in total. The van der Waals surface area contributed by atoms with E-state index in [1.54, 1.807) is 0 Å². The summed E-state index contributed by atoms with van der Waals surface area (Å²) in [6.07, 6.45) is 5.33. The highest BCUT2D eigenvalue weighted by Gasteiger charge is 2.38. The predicted octanol–water partition coefficient (Wildman–Crippen LogP) is 4.07. The number of tetrazole rings is 1. The van der Waals surface area contributed by atoms with Crippen LogP contribution in [0.2, 0.25) is 5.02 Å². The number of carbonyl (C=O) groups is 3. The fraction of sp³-hybridized carbons (Fsp3) is 0.273. The van der Waals surface area contributed by atoms with Gasteiger partial charge in [-0.25, -0.2) is 9.18 Å². The Morgan fingerprint density at radius 1 is 1.06 bits per heavy atom. The van der Waals surface area contributed by atoms with E-state index in [0.29, 0.717) is 23.7 Å². The molecule has 242 valence electrons. The van der Waals surface area contributed by atoms with Crippen molar-refractivity contribution in [3.05, 3.63) is 100 Å². The lowest BCUT2D eigenvalue weighted by atomic mass is 9.90. The predicted molar refractivity (Wildman–Crippen MR) is 174 cm³/mol. The van der Waals surface area contributed by atoms with Gasteiger partial charge in [-0.1, -0.05) is 23.7 Å². The second kappa shape index (κ2) is 13.3. The Hall–Kier alpha value is -5.14. The van der Waals surface area contributed by atoms with E-state index in [1.165, 1.54) is 64.5 Å². The molecular weight excluding hydrogens is 627 g/mol. The lowest BCUT2D eigenvalue weighted by Gasteiger charge is -2.38. The monoisotopic (exact) mass is 658 g/mol. The number of aromatic carboxylic acids is 1. The molecule has 2 aliphatic rings. The summed E-state index contributed by atoms with van der Waals surface area (Å²) < 4.78 is 16.5. The molecule has 1 saturated heterocycles. The van der Waals surface area contributed by atoms with Gasteiger partial charge in [0.1, 0.15) is 12.4 Å². The summed E-state index contributed by atoms with van der Waals surface area (Å²) >= 11 is 6.07. The number of rotatable bonds is 8. The molecule has 0 unspecified atom stereocenters. The number of amides is 2. The highest BCUT2D eigenvalue weighted by Crippen LogP contribution is 2.38. The van der Waals surface area contributed by atoms with Crippen molar-refractivity contribution >= 4 is 46.8 Å². The number of carboxylic acid groups (broad SMARTS) is 1. The van der Waals surface area contributed by atoms with Crippen LogP contribution in [-0.4, -0.2) is 92.7 Å². The molecule has 6 rings (SSSR count). The van der Waals surface area contributed by atoms with Gasteiger partial charge in [-0.05, 0) is 97.0 Å². The van der Waals surface area contributed by atoms with Gasteiger partial charge < -0.3 is 25.1 Å². The first kappa shape index (κ1) is 31.8. The van der Waals surface area contributed by atoms with Crippen molar-refractivity contribution in [1.29, 1.82) is 0 Å². The van der Waals surface area contributed by atoms with Crippen LogP contribution in [0.4, 0.5) is 15.8 Å². The first-order valence-electron chi connectivity index (χ1n) is 15.0. The second-order valence-corrected chi connectivity index (χ2v) is 12.0. The molecule has 0 radical (unpaired) electrons. The average molecular weight is 659 g/mol. The Labute approximate surface area is 275 Å². The molecule has 0 spiro atoms. The molecular formula is C33H32ClFN8O4.